The molecule has 0 bridgehead atoms. The van der Waals surface area contributed by atoms with Crippen molar-refractivity contribution in [3.63, 3.8) is 0 Å². The van der Waals surface area contributed by atoms with Crippen LogP contribution >= 0.6 is 0 Å². The summed E-state index contributed by atoms with van der Waals surface area (Å²) in [5.74, 6) is 1.39. The lowest BCUT2D eigenvalue weighted by atomic mass is 9.92. The molecule has 0 spiro atoms. The Morgan fingerprint density at radius 2 is 2.32 bits per heavy atom. The van der Waals surface area contributed by atoms with Gasteiger partial charge in [-0.3, -0.25) is 0 Å². The van der Waals surface area contributed by atoms with E-state index in [0.717, 1.165) is 42.8 Å². The fraction of sp³-hybridized carbons (Fsp3) is 0.533. The lowest BCUT2D eigenvalue weighted by Crippen LogP contribution is -2.35. The van der Waals surface area contributed by atoms with Crippen molar-refractivity contribution in [2.75, 3.05) is 6.54 Å². The standard InChI is InChI=1S/C15H20FN3/c1-3-19-14-5-4-12(16)9-13(14)18-15(19)11-6-7-17-10(2)8-11/h4-5,9-11,17H,3,6-8H2,1-2H3. The molecular weight excluding hydrogens is 241 g/mol. The summed E-state index contributed by atoms with van der Waals surface area (Å²) in [6.07, 6.45) is 2.21. The van der Waals surface area contributed by atoms with Gasteiger partial charge in [0.15, 0.2) is 0 Å². The SMILES string of the molecule is CCn1c(C2CCNC(C)C2)nc2cc(F)ccc21. The van der Waals surface area contributed by atoms with Gasteiger partial charge in [0, 0.05) is 24.6 Å². The highest BCUT2D eigenvalue weighted by Crippen LogP contribution is 2.30. The number of aryl methyl sites for hydroxylation is 1. The van der Waals surface area contributed by atoms with Crippen molar-refractivity contribution in [3.05, 3.63) is 29.8 Å². The number of hydrogen-bond donors (Lipinski definition) is 1. The molecular formula is C15H20FN3. The number of nitrogens with one attached hydrogen (secondary N) is 1. The monoisotopic (exact) mass is 261 g/mol. The molecule has 3 rings (SSSR count). The molecule has 1 aromatic heterocycles. The highest BCUT2D eigenvalue weighted by atomic mass is 19.1. The molecule has 1 fully saturated rings. The predicted octanol–water partition coefficient (Wildman–Crippen LogP) is 3.05. The molecule has 1 aliphatic heterocycles. The summed E-state index contributed by atoms with van der Waals surface area (Å²) >= 11 is 0. The Morgan fingerprint density at radius 3 is 3.05 bits per heavy atom. The minimum absolute atomic E-state index is 0.210. The number of piperidine rings is 1. The Kier molecular flexibility index (Phi) is 3.27. The number of imidazole rings is 1. The van der Waals surface area contributed by atoms with Gasteiger partial charge in [-0.25, -0.2) is 9.37 Å². The van der Waals surface area contributed by atoms with E-state index in [9.17, 15) is 4.39 Å². The molecule has 1 aromatic carbocycles. The zero-order valence-corrected chi connectivity index (χ0v) is 11.5. The summed E-state index contributed by atoms with van der Waals surface area (Å²) in [7, 11) is 0. The number of halogens is 1. The second-order valence-electron chi connectivity index (χ2n) is 5.42. The Bertz CT molecular complexity index is 590. The van der Waals surface area contributed by atoms with E-state index in [1.54, 1.807) is 0 Å². The van der Waals surface area contributed by atoms with Crippen LogP contribution in [0.1, 0.15) is 38.4 Å². The van der Waals surface area contributed by atoms with Crippen LogP contribution in [-0.2, 0) is 6.54 Å². The summed E-state index contributed by atoms with van der Waals surface area (Å²) in [4.78, 5) is 4.70. The van der Waals surface area contributed by atoms with Crippen molar-refractivity contribution in [2.45, 2.75) is 45.2 Å². The van der Waals surface area contributed by atoms with E-state index >= 15 is 0 Å². The average molecular weight is 261 g/mol. The zero-order chi connectivity index (χ0) is 13.4. The molecule has 2 unspecified atom stereocenters. The molecule has 2 atom stereocenters. The molecule has 2 heterocycles. The van der Waals surface area contributed by atoms with E-state index in [-0.39, 0.29) is 5.82 Å². The van der Waals surface area contributed by atoms with Gasteiger partial charge in [0.1, 0.15) is 11.6 Å². The fourth-order valence-electron chi connectivity index (χ4n) is 3.13. The Hall–Kier alpha value is -1.42. The molecule has 1 N–H and O–H groups in total. The van der Waals surface area contributed by atoms with Crippen molar-refractivity contribution in [2.24, 2.45) is 0 Å². The highest BCUT2D eigenvalue weighted by molar-refractivity contribution is 5.76. The molecule has 0 amide bonds. The number of benzene rings is 1. The topological polar surface area (TPSA) is 29.9 Å². The molecule has 0 radical (unpaired) electrons. The molecule has 19 heavy (non-hydrogen) atoms. The van der Waals surface area contributed by atoms with Crippen LogP contribution in [0.15, 0.2) is 18.2 Å². The first-order valence-electron chi connectivity index (χ1n) is 7.08. The van der Waals surface area contributed by atoms with E-state index < -0.39 is 0 Å². The summed E-state index contributed by atoms with van der Waals surface area (Å²) in [5.41, 5.74) is 1.83. The van der Waals surface area contributed by atoms with Gasteiger partial charge in [-0.05, 0) is 45.4 Å². The van der Waals surface area contributed by atoms with E-state index in [1.165, 1.54) is 12.1 Å². The maximum absolute atomic E-state index is 13.3. The Balaban J connectivity index is 2.06. The molecule has 1 saturated heterocycles. The van der Waals surface area contributed by atoms with Crippen LogP contribution in [0.4, 0.5) is 4.39 Å². The van der Waals surface area contributed by atoms with Crippen molar-refractivity contribution in [1.82, 2.24) is 14.9 Å². The number of fused-ring (bicyclic) bond motifs is 1. The third kappa shape index (κ3) is 2.25. The first-order valence-corrected chi connectivity index (χ1v) is 7.08. The van der Waals surface area contributed by atoms with Gasteiger partial charge < -0.3 is 9.88 Å². The zero-order valence-electron chi connectivity index (χ0n) is 11.5. The van der Waals surface area contributed by atoms with Gasteiger partial charge >= 0.3 is 0 Å². The smallest absolute Gasteiger partial charge is 0.125 e. The van der Waals surface area contributed by atoms with Gasteiger partial charge in [0.25, 0.3) is 0 Å². The highest BCUT2D eigenvalue weighted by Gasteiger charge is 2.24. The second-order valence-corrected chi connectivity index (χ2v) is 5.42. The van der Waals surface area contributed by atoms with Crippen LogP contribution in [0, 0.1) is 5.82 Å². The predicted molar refractivity (Wildman–Crippen MR) is 74.8 cm³/mol. The Morgan fingerprint density at radius 1 is 1.47 bits per heavy atom. The lowest BCUT2D eigenvalue weighted by Gasteiger charge is -2.27. The van der Waals surface area contributed by atoms with Crippen LogP contribution < -0.4 is 5.32 Å². The van der Waals surface area contributed by atoms with Crippen LogP contribution in [0.5, 0.6) is 0 Å². The van der Waals surface area contributed by atoms with Gasteiger partial charge in [-0.15, -0.1) is 0 Å². The largest absolute Gasteiger partial charge is 0.328 e. The van der Waals surface area contributed by atoms with Crippen molar-refractivity contribution in [1.29, 1.82) is 0 Å². The van der Waals surface area contributed by atoms with Crippen molar-refractivity contribution < 1.29 is 4.39 Å². The van der Waals surface area contributed by atoms with Crippen LogP contribution in [0.2, 0.25) is 0 Å². The van der Waals surface area contributed by atoms with E-state index in [1.807, 2.05) is 6.07 Å². The third-order valence-electron chi connectivity index (χ3n) is 4.04. The van der Waals surface area contributed by atoms with Gasteiger partial charge in [-0.1, -0.05) is 0 Å². The van der Waals surface area contributed by atoms with Crippen LogP contribution in [0.25, 0.3) is 11.0 Å². The summed E-state index contributed by atoms with van der Waals surface area (Å²) in [6.45, 7) is 6.26. The normalized spacial score (nSPS) is 23.9. The van der Waals surface area contributed by atoms with Gasteiger partial charge in [-0.2, -0.15) is 0 Å². The molecule has 102 valence electrons. The molecule has 1 aliphatic rings. The quantitative estimate of drug-likeness (QED) is 0.900. The number of nitrogens with zero attached hydrogens (tertiary/aromatic N) is 2. The molecule has 3 nitrogen and oxygen atoms in total. The maximum atomic E-state index is 13.3. The van der Waals surface area contributed by atoms with Crippen LogP contribution in [-0.4, -0.2) is 22.1 Å². The van der Waals surface area contributed by atoms with Crippen molar-refractivity contribution >= 4 is 11.0 Å². The summed E-state index contributed by atoms with van der Waals surface area (Å²) in [5, 5.41) is 3.47. The third-order valence-corrected chi connectivity index (χ3v) is 4.04. The Labute approximate surface area is 112 Å². The first kappa shape index (κ1) is 12.6. The number of hydrogen-bond acceptors (Lipinski definition) is 2. The lowest BCUT2D eigenvalue weighted by molar-refractivity contribution is 0.365. The second kappa shape index (κ2) is 4.93. The minimum atomic E-state index is -0.210. The number of aromatic nitrogens is 2. The molecule has 4 heteroatoms. The summed E-state index contributed by atoms with van der Waals surface area (Å²) in [6, 6.07) is 5.43. The molecule has 0 saturated carbocycles. The molecule has 0 aliphatic carbocycles. The average Bonchev–Trinajstić information content (AvgIpc) is 2.76. The first-order chi connectivity index (χ1) is 9.19. The van der Waals surface area contributed by atoms with Crippen LogP contribution in [0.3, 0.4) is 0 Å². The molecule has 2 aromatic rings. The van der Waals surface area contributed by atoms with E-state index in [0.29, 0.717) is 12.0 Å². The van der Waals surface area contributed by atoms with E-state index in [2.05, 4.69) is 23.7 Å². The maximum Gasteiger partial charge on any atom is 0.125 e. The van der Waals surface area contributed by atoms with Crippen molar-refractivity contribution in [3.8, 4) is 0 Å². The van der Waals surface area contributed by atoms with Gasteiger partial charge in [0.2, 0.25) is 0 Å². The number of rotatable bonds is 2. The summed E-state index contributed by atoms with van der Waals surface area (Å²) < 4.78 is 15.6. The van der Waals surface area contributed by atoms with E-state index in [4.69, 9.17) is 4.98 Å². The fourth-order valence-corrected chi connectivity index (χ4v) is 3.13. The van der Waals surface area contributed by atoms with Gasteiger partial charge in [0.05, 0.1) is 11.0 Å². The minimum Gasteiger partial charge on any atom is -0.328 e.